The monoisotopic (exact) mass is 456 g/mol. The number of nitrogens with zero attached hydrogens (tertiary/aromatic N) is 1. The Hall–Kier alpha value is -3.13. The first-order valence-electron chi connectivity index (χ1n) is 10.5. The lowest BCUT2D eigenvalue weighted by molar-refractivity contribution is -0.113. The van der Waals surface area contributed by atoms with Gasteiger partial charge in [0.05, 0.1) is 30.3 Å². The fourth-order valence-electron chi connectivity index (χ4n) is 3.06. The van der Waals surface area contributed by atoms with Crippen molar-refractivity contribution in [2.75, 3.05) is 24.3 Å². The Labute approximate surface area is 190 Å². The molecule has 2 aromatic carbocycles. The summed E-state index contributed by atoms with van der Waals surface area (Å²) in [7, 11) is -1.46. The van der Waals surface area contributed by atoms with Gasteiger partial charge in [-0.05, 0) is 52.0 Å². The fraction of sp³-hybridized carbons (Fsp3) is 0.333. The Bertz CT molecular complexity index is 1090. The number of aryl methyl sites for hydroxylation is 2. The highest BCUT2D eigenvalue weighted by Crippen LogP contribution is 2.29. The highest BCUT2D eigenvalue weighted by atomic mass is 32.2. The van der Waals surface area contributed by atoms with Gasteiger partial charge >= 0.3 is 0 Å². The summed E-state index contributed by atoms with van der Waals surface area (Å²) < 4.78 is 29.5. The standard InChI is InChI=1S/C24H28N2O5S/c1-5-29-19-11-12-22(30-6-2)20(13-19)25-23(27)15-32(28)14-21-17(4)31-24(26-21)18-9-7-16(3)8-10-18/h7-13H,5-6,14-15H2,1-4H3,(H,25,27). The molecule has 0 aliphatic rings. The summed E-state index contributed by atoms with van der Waals surface area (Å²) in [4.78, 5) is 17.0. The van der Waals surface area contributed by atoms with Crippen molar-refractivity contribution < 1.29 is 22.9 Å². The number of anilines is 1. The van der Waals surface area contributed by atoms with Crippen LogP contribution in [0.5, 0.6) is 11.5 Å². The van der Waals surface area contributed by atoms with Gasteiger partial charge in [0, 0.05) is 22.4 Å². The van der Waals surface area contributed by atoms with Crippen molar-refractivity contribution in [2.45, 2.75) is 33.4 Å². The molecule has 1 aromatic heterocycles. The minimum absolute atomic E-state index is 0.131. The van der Waals surface area contributed by atoms with E-state index in [1.807, 2.05) is 45.0 Å². The Balaban J connectivity index is 1.65. The molecular formula is C24H28N2O5S. The predicted octanol–water partition coefficient (Wildman–Crippen LogP) is 4.64. The minimum atomic E-state index is -1.46. The van der Waals surface area contributed by atoms with Crippen LogP contribution in [0.1, 0.15) is 30.9 Å². The maximum atomic E-state index is 12.6. The van der Waals surface area contributed by atoms with E-state index in [0.717, 1.165) is 11.1 Å². The van der Waals surface area contributed by atoms with Crippen LogP contribution >= 0.6 is 0 Å². The van der Waals surface area contributed by atoms with Crippen molar-refractivity contribution in [1.29, 1.82) is 0 Å². The van der Waals surface area contributed by atoms with Crippen molar-refractivity contribution in [3.8, 4) is 23.0 Å². The summed E-state index contributed by atoms with van der Waals surface area (Å²) in [6, 6.07) is 13.0. The highest BCUT2D eigenvalue weighted by molar-refractivity contribution is 7.84. The number of ether oxygens (including phenoxy) is 2. The van der Waals surface area contributed by atoms with Crippen molar-refractivity contribution in [3.63, 3.8) is 0 Å². The van der Waals surface area contributed by atoms with Crippen LogP contribution < -0.4 is 14.8 Å². The smallest absolute Gasteiger partial charge is 0.237 e. The number of oxazole rings is 1. The van der Waals surface area contributed by atoms with E-state index >= 15 is 0 Å². The van der Waals surface area contributed by atoms with Gasteiger partial charge in [-0.1, -0.05) is 17.7 Å². The Morgan fingerprint density at radius 3 is 2.47 bits per heavy atom. The third kappa shape index (κ3) is 6.20. The molecular weight excluding hydrogens is 428 g/mol. The molecule has 1 atom stereocenters. The third-order valence-corrected chi connectivity index (χ3v) is 5.80. The van der Waals surface area contributed by atoms with Crippen molar-refractivity contribution in [3.05, 3.63) is 59.5 Å². The van der Waals surface area contributed by atoms with Crippen LogP contribution in [0.3, 0.4) is 0 Å². The van der Waals surface area contributed by atoms with E-state index in [2.05, 4.69) is 10.3 Å². The van der Waals surface area contributed by atoms with Gasteiger partial charge in [0.2, 0.25) is 11.8 Å². The van der Waals surface area contributed by atoms with Gasteiger partial charge in [0.15, 0.2) is 0 Å². The van der Waals surface area contributed by atoms with Crippen LogP contribution in [0, 0.1) is 13.8 Å². The molecule has 8 heteroatoms. The normalized spacial score (nSPS) is 11.8. The molecule has 1 amide bonds. The Morgan fingerprint density at radius 1 is 1.06 bits per heavy atom. The van der Waals surface area contributed by atoms with Gasteiger partial charge in [-0.3, -0.25) is 9.00 Å². The molecule has 0 bridgehead atoms. The van der Waals surface area contributed by atoms with Crippen LogP contribution in [0.4, 0.5) is 5.69 Å². The quantitative estimate of drug-likeness (QED) is 0.478. The van der Waals surface area contributed by atoms with E-state index in [1.165, 1.54) is 0 Å². The number of carbonyl (C=O) groups excluding carboxylic acids is 1. The average molecular weight is 457 g/mol. The largest absolute Gasteiger partial charge is 0.494 e. The molecule has 1 unspecified atom stereocenters. The maximum Gasteiger partial charge on any atom is 0.237 e. The molecule has 0 spiro atoms. The molecule has 0 fully saturated rings. The van der Waals surface area contributed by atoms with Crippen molar-refractivity contribution in [1.82, 2.24) is 4.98 Å². The van der Waals surface area contributed by atoms with E-state index < -0.39 is 10.8 Å². The summed E-state index contributed by atoms with van der Waals surface area (Å²) in [6.07, 6.45) is 0. The summed E-state index contributed by atoms with van der Waals surface area (Å²) >= 11 is 0. The predicted molar refractivity (Wildman–Crippen MR) is 126 cm³/mol. The summed E-state index contributed by atoms with van der Waals surface area (Å²) in [5.74, 6) is 1.81. The molecule has 3 aromatic rings. The number of hydrogen-bond donors (Lipinski definition) is 1. The first kappa shape index (κ1) is 23.5. The second kappa shape index (κ2) is 10.9. The lowest BCUT2D eigenvalue weighted by atomic mass is 10.1. The van der Waals surface area contributed by atoms with Crippen molar-refractivity contribution >= 4 is 22.4 Å². The summed E-state index contributed by atoms with van der Waals surface area (Å²) in [6.45, 7) is 8.50. The van der Waals surface area contributed by atoms with Gasteiger partial charge in [-0.15, -0.1) is 0 Å². The fourth-order valence-corrected chi connectivity index (χ4v) is 4.10. The SMILES string of the molecule is CCOc1ccc(OCC)c(NC(=O)CS(=O)Cc2nc(-c3ccc(C)cc3)oc2C)c1. The molecule has 0 saturated heterocycles. The minimum Gasteiger partial charge on any atom is -0.494 e. The van der Waals surface area contributed by atoms with Crippen LogP contribution in [-0.4, -0.2) is 34.1 Å². The van der Waals surface area contributed by atoms with Crippen LogP contribution in [0.25, 0.3) is 11.5 Å². The first-order chi connectivity index (χ1) is 15.4. The first-order valence-corrected chi connectivity index (χ1v) is 12.0. The van der Waals surface area contributed by atoms with E-state index in [0.29, 0.717) is 47.7 Å². The Kier molecular flexibility index (Phi) is 8.05. The molecule has 32 heavy (non-hydrogen) atoms. The van der Waals surface area contributed by atoms with Crippen LogP contribution in [0.15, 0.2) is 46.9 Å². The molecule has 0 radical (unpaired) electrons. The summed E-state index contributed by atoms with van der Waals surface area (Å²) in [5.41, 5.74) is 3.06. The van der Waals surface area contributed by atoms with Gasteiger partial charge < -0.3 is 19.2 Å². The number of rotatable bonds is 10. The molecule has 1 N–H and O–H groups in total. The molecule has 170 valence electrons. The van der Waals surface area contributed by atoms with Gasteiger partial charge in [0.1, 0.15) is 23.0 Å². The number of nitrogens with one attached hydrogen (secondary N) is 1. The zero-order chi connectivity index (χ0) is 23.1. The van der Waals surface area contributed by atoms with Crippen molar-refractivity contribution in [2.24, 2.45) is 0 Å². The molecule has 7 nitrogen and oxygen atoms in total. The molecule has 3 rings (SSSR count). The molecule has 0 aliphatic carbocycles. The van der Waals surface area contributed by atoms with Gasteiger partial charge in [-0.25, -0.2) is 4.98 Å². The average Bonchev–Trinajstić information content (AvgIpc) is 3.10. The number of carbonyl (C=O) groups is 1. The van der Waals surface area contributed by atoms with Gasteiger partial charge in [-0.2, -0.15) is 0 Å². The lowest BCUT2D eigenvalue weighted by Crippen LogP contribution is -2.21. The van der Waals surface area contributed by atoms with E-state index in [1.54, 1.807) is 25.1 Å². The zero-order valence-corrected chi connectivity index (χ0v) is 19.6. The van der Waals surface area contributed by atoms with E-state index in [4.69, 9.17) is 13.9 Å². The zero-order valence-electron chi connectivity index (χ0n) is 18.8. The van der Waals surface area contributed by atoms with Crippen LogP contribution in [-0.2, 0) is 21.3 Å². The second-order valence-corrected chi connectivity index (χ2v) is 8.65. The molecule has 1 heterocycles. The number of benzene rings is 2. The van der Waals surface area contributed by atoms with E-state index in [-0.39, 0.29) is 17.4 Å². The number of amides is 1. The topological polar surface area (TPSA) is 90.7 Å². The second-order valence-electron chi connectivity index (χ2n) is 7.19. The summed E-state index contributed by atoms with van der Waals surface area (Å²) in [5, 5.41) is 2.78. The molecule has 0 saturated carbocycles. The Morgan fingerprint density at radius 2 is 1.78 bits per heavy atom. The number of aromatic nitrogens is 1. The van der Waals surface area contributed by atoms with Crippen LogP contribution in [0.2, 0.25) is 0 Å². The number of hydrogen-bond acceptors (Lipinski definition) is 6. The highest BCUT2D eigenvalue weighted by Gasteiger charge is 2.17. The van der Waals surface area contributed by atoms with E-state index in [9.17, 15) is 9.00 Å². The van der Waals surface area contributed by atoms with Gasteiger partial charge in [0.25, 0.3) is 0 Å². The lowest BCUT2D eigenvalue weighted by Gasteiger charge is -2.13. The molecule has 0 aliphatic heterocycles. The third-order valence-electron chi connectivity index (χ3n) is 4.62. The maximum absolute atomic E-state index is 12.6.